The van der Waals surface area contributed by atoms with E-state index in [0.717, 1.165) is 12.0 Å². The quantitative estimate of drug-likeness (QED) is 0.524. The van der Waals surface area contributed by atoms with Gasteiger partial charge in [0.2, 0.25) is 0 Å². The van der Waals surface area contributed by atoms with Gasteiger partial charge >= 0.3 is 0 Å². The van der Waals surface area contributed by atoms with Gasteiger partial charge in [0.05, 0.1) is 0 Å². The first-order valence-corrected chi connectivity index (χ1v) is 3.59. The maximum Gasteiger partial charge on any atom is 0.150 e. The Labute approximate surface area is 64.8 Å². The lowest BCUT2D eigenvalue weighted by Gasteiger charge is -2.11. The van der Waals surface area contributed by atoms with Crippen LogP contribution in [0.5, 0.6) is 0 Å². The fraction of sp³-hybridized carbons (Fsp3) is 0.250. The van der Waals surface area contributed by atoms with Crippen LogP contribution >= 0.6 is 0 Å². The first-order valence-electron chi connectivity index (χ1n) is 3.59. The third-order valence-corrected chi connectivity index (χ3v) is 2.03. The number of allylic oxidation sites excluding steroid dienone is 3. The van der Waals surface area contributed by atoms with Crippen molar-refractivity contribution in [2.45, 2.75) is 6.42 Å². The topological polar surface area (TPSA) is 62.2 Å². The van der Waals surface area contributed by atoms with E-state index in [1.54, 1.807) is 0 Å². The monoisotopic (exact) mass is 147 g/mol. The number of amidine groups is 2. The van der Waals surface area contributed by atoms with Crippen molar-refractivity contribution < 1.29 is 0 Å². The lowest BCUT2D eigenvalue weighted by Crippen LogP contribution is -2.21. The van der Waals surface area contributed by atoms with Crippen molar-refractivity contribution in [1.82, 2.24) is 0 Å². The van der Waals surface area contributed by atoms with Crippen molar-refractivity contribution in [3.8, 4) is 0 Å². The molecule has 1 aliphatic heterocycles. The van der Waals surface area contributed by atoms with Gasteiger partial charge in [0.1, 0.15) is 5.84 Å². The summed E-state index contributed by atoms with van der Waals surface area (Å²) in [4.78, 5) is 3.90. The number of hydrogen-bond donors (Lipinski definition) is 2. The molecule has 1 atom stereocenters. The summed E-state index contributed by atoms with van der Waals surface area (Å²) < 4.78 is 0. The number of rotatable bonds is 0. The van der Waals surface area contributed by atoms with Gasteiger partial charge in [-0.3, -0.25) is 5.41 Å². The lowest BCUT2D eigenvalue weighted by atomic mass is 9.92. The first kappa shape index (κ1) is 6.34. The van der Waals surface area contributed by atoms with Crippen LogP contribution in [0.1, 0.15) is 6.42 Å². The first-order chi connectivity index (χ1) is 5.29. The predicted molar refractivity (Wildman–Crippen MR) is 44.7 cm³/mol. The number of nitrogens with two attached hydrogens (primary N) is 1. The van der Waals surface area contributed by atoms with Crippen LogP contribution in [0, 0.1) is 11.3 Å². The van der Waals surface area contributed by atoms with Gasteiger partial charge in [-0.1, -0.05) is 18.2 Å². The van der Waals surface area contributed by atoms with Gasteiger partial charge in [-0.2, -0.15) is 0 Å². The highest BCUT2D eigenvalue weighted by molar-refractivity contribution is 6.14. The fourth-order valence-corrected chi connectivity index (χ4v) is 1.43. The average molecular weight is 147 g/mol. The molecule has 0 spiro atoms. The molecule has 0 radical (unpaired) electrons. The molecule has 0 amide bonds. The molecule has 1 heterocycles. The van der Waals surface area contributed by atoms with Crippen molar-refractivity contribution >= 4 is 11.7 Å². The molecule has 0 aromatic carbocycles. The fourth-order valence-electron chi connectivity index (χ4n) is 1.43. The molecule has 0 aromatic rings. The summed E-state index contributed by atoms with van der Waals surface area (Å²) >= 11 is 0. The van der Waals surface area contributed by atoms with Crippen molar-refractivity contribution in [1.29, 1.82) is 5.41 Å². The standard InChI is InChI=1S/C8H9N3/c9-7-5-3-1-2-4-6(5)8(10)11-7/h1-3,6H,4H2,(H3,9,10,11). The smallest absolute Gasteiger partial charge is 0.150 e. The van der Waals surface area contributed by atoms with Gasteiger partial charge in [-0.05, 0) is 6.42 Å². The van der Waals surface area contributed by atoms with Gasteiger partial charge in [0, 0.05) is 11.5 Å². The van der Waals surface area contributed by atoms with Crippen molar-refractivity contribution in [2.24, 2.45) is 16.6 Å². The zero-order valence-corrected chi connectivity index (χ0v) is 6.04. The molecule has 3 nitrogen and oxygen atoms in total. The molecule has 0 bridgehead atoms. The molecule has 0 fully saturated rings. The minimum Gasteiger partial charge on any atom is -0.387 e. The number of nitrogens with one attached hydrogen (secondary N) is 1. The Bertz CT molecular complexity index is 296. The number of fused-ring (bicyclic) bond motifs is 1. The van der Waals surface area contributed by atoms with E-state index in [4.69, 9.17) is 11.1 Å². The van der Waals surface area contributed by atoms with Crippen LogP contribution in [-0.2, 0) is 0 Å². The molecule has 2 aliphatic rings. The van der Waals surface area contributed by atoms with Crippen molar-refractivity contribution in [3.05, 3.63) is 23.8 Å². The van der Waals surface area contributed by atoms with Crippen LogP contribution in [0.2, 0.25) is 0 Å². The number of aliphatic imine (C=N–C) groups is 1. The molecule has 56 valence electrons. The summed E-state index contributed by atoms with van der Waals surface area (Å²) in [5.74, 6) is 1.11. The molecule has 0 saturated carbocycles. The number of hydrogen-bond acceptors (Lipinski definition) is 2. The van der Waals surface area contributed by atoms with E-state index in [0.29, 0.717) is 11.7 Å². The van der Waals surface area contributed by atoms with E-state index in [2.05, 4.69) is 11.1 Å². The maximum absolute atomic E-state index is 7.43. The van der Waals surface area contributed by atoms with E-state index in [-0.39, 0.29) is 5.92 Å². The zero-order chi connectivity index (χ0) is 7.84. The second-order valence-electron chi connectivity index (χ2n) is 2.72. The van der Waals surface area contributed by atoms with Crippen LogP contribution in [0.3, 0.4) is 0 Å². The second kappa shape index (κ2) is 2.05. The minimum absolute atomic E-state index is 0.187. The SMILES string of the molecule is N=C1N=C(N)C2CC=CC=C12. The van der Waals surface area contributed by atoms with Gasteiger partial charge in [-0.15, -0.1) is 0 Å². The minimum atomic E-state index is 0.187. The molecule has 1 unspecified atom stereocenters. The highest BCUT2D eigenvalue weighted by atomic mass is 15.0. The van der Waals surface area contributed by atoms with Crippen molar-refractivity contribution in [2.75, 3.05) is 0 Å². The van der Waals surface area contributed by atoms with E-state index < -0.39 is 0 Å². The van der Waals surface area contributed by atoms with Crippen LogP contribution in [0.15, 0.2) is 28.8 Å². The Morgan fingerprint density at radius 3 is 3.18 bits per heavy atom. The molecule has 3 heteroatoms. The summed E-state index contributed by atoms with van der Waals surface area (Å²) in [6.45, 7) is 0. The molecule has 2 rings (SSSR count). The van der Waals surface area contributed by atoms with Crippen LogP contribution < -0.4 is 5.73 Å². The Hall–Kier alpha value is -1.38. The maximum atomic E-state index is 7.43. The van der Waals surface area contributed by atoms with Gasteiger partial charge in [0.15, 0.2) is 5.84 Å². The van der Waals surface area contributed by atoms with Crippen LogP contribution in [-0.4, -0.2) is 11.7 Å². The highest BCUT2D eigenvalue weighted by Gasteiger charge is 2.27. The van der Waals surface area contributed by atoms with Crippen LogP contribution in [0.4, 0.5) is 0 Å². The molecule has 0 saturated heterocycles. The summed E-state index contributed by atoms with van der Waals surface area (Å²) in [6, 6.07) is 0. The summed E-state index contributed by atoms with van der Waals surface area (Å²) in [7, 11) is 0. The Balaban J connectivity index is 2.43. The molecule has 11 heavy (non-hydrogen) atoms. The summed E-state index contributed by atoms with van der Waals surface area (Å²) in [5.41, 5.74) is 6.58. The average Bonchev–Trinajstić information content (AvgIpc) is 2.30. The van der Waals surface area contributed by atoms with Gasteiger partial charge < -0.3 is 5.73 Å². The molecule has 3 N–H and O–H groups in total. The Morgan fingerprint density at radius 2 is 2.45 bits per heavy atom. The third-order valence-electron chi connectivity index (χ3n) is 2.03. The van der Waals surface area contributed by atoms with Gasteiger partial charge in [-0.25, -0.2) is 4.99 Å². The summed E-state index contributed by atoms with van der Waals surface area (Å²) in [5, 5.41) is 7.43. The van der Waals surface area contributed by atoms with Crippen LogP contribution in [0.25, 0.3) is 0 Å². The predicted octanol–water partition coefficient (Wildman–Crippen LogP) is 0.837. The van der Waals surface area contributed by atoms with E-state index in [1.165, 1.54) is 0 Å². The summed E-state index contributed by atoms with van der Waals surface area (Å²) in [6.07, 6.45) is 6.81. The Kier molecular flexibility index (Phi) is 1.18. The molecule has 1 aliphatic carbocycles. The second-order valence-corrected chi connectivity index (χ2v) is 2.72. The van der Waals surface area contributed by atoms with Gasteiger partial charge in [0.25, 0.3) is 0 Å². The van der Waals surface area contributed by atoms with E-state index in [9.17, 15) is 0 Å². The zero-order valence-electron chi connectivity index (χ0n) is 6.04. The third kappa shape index (κ3) is 0.808. The van der Waals surface area contributed by atoms with Crippen molar-refractivity contribution in [3.63, 3.8) is 0 Å². The van der Waals surface area contributed by atoms with E-state index >= 15 is 0 Å². The Morgan fingerprint density at radius 1 is 1.64 bits per heavy atom. The normalized spacial score (nSPS) is 28.0. The molecule has 0 aromatic heterocycles. The number of nitrogens with zero attached hydrogens (tertiary/aromatic N) is 1. The largest absolute Gasteiger partial charge is 0.387 e. The van der Waals surface area contributed by atoms with E-state index in [1.807, 2.05) is 12.2 Å². The molecular formula is C8H9N3. The highest BCUT2D eigenvalue weighted by Crippen LogP contribution is 2.26. The molecular weight excluding hydrogens is 138 g/mol. The lowest BCUT2D eigenvalue weighted by molar-refractivity contribution is 0.850.